The SMILES string of the molecule is CCn1ncc(NCC2CC2(C)C)c(Cl)c1=O. The molecule has 5 heteroatoms. The van der Waals surface area contributed by atoms with Crippen LogP contribution in [0.15, 0.2) is 11.0 Å². The second-order valence-corrected chi connectivity index (χ2v) is 5.64. The van der Waals surface area contributed by atoms with Gasteiger partial charge < -0.3 is 5.32 Å². The van der Waals surface area contributed by atoms with Gasteiger partial charge >= 0.3 is 0 Å². The molecule has 17 heavy (non-hydrogen) atoms. The lowest BCUT2D eigenvalue weighted by molar-refractivity contribution is 0.572. The molecular formula is C12H18ClN3O. The normalized spacial score (nSPS) is 21.3. The number of hydrogen-bond acceptors (Lipinski definition) is 3. The lowest BCUT2D eigenvalue weighted by Gasteiger charge is -2.10. The molecule has 1 aromatic rings. The Hall–Kier alpha value is -1.03. The lowest BCUT2D eigenvalue weighted by atomic mass is 10.1. The average Bonchev–Trinajstić information content (AvgIpc) is 2.89. The van der Waals surface area contributed by atoms with Crippen molar-refractivity contribution in [1.29, 1.82) is 0 Å². The van der Waals surface area contributed by atoms with E-state index in [4.69, 9.17) is 11.6 Å². The van der Waals surface area contributed by atoms with E-state index in [0.29, 0.717) is 23.6 Å². The molecule has 4 nitrogen and oxygen atoms in total. The highest BCUT2D eigenvalue weighted by molar-refractivity contribution is 6.32. The molecule has 0 aromatic carbocycles. The first kappa shape index (κ1) is 12.4. The number of aryl methyl sites for hydroxylation is 1. The highest BCUT2D eigenvalue weighted by Crippen LogP contribution is 2.51. The predicted molar refractivity (Wildman–Crippen MR) is 69.6 cm³/mol. The van der Waals surface area contributed by atoms with Gasteiger partial charge in [0.05, 0.1) is 11.9 Å². The van der Waals surface area contributed by atoms with Crippen LogP contribution in [0.2, 0.25) is 5.02 Å². The number of nitrogens with zero attached hydrogens (tertiary/aromatic N) is 2. The van der Waals surface area contributed by atoms with Gasteiger partial charge in [-0.05, 0) is 24.7 Å². The van der Waals surface area contributed by atoms with E-state index < -0.39 is 0 Å². The van der Waals surface area contributed by atoms with Gasteiger partial charge in [0.15, 0.2) is 0 Å². The first-order valence-corrected chi connectivity index (χ1v) is 6.33. The fraction of sp³-hybridized carbons (Fsp3) is 0.667. The molecule has 1 unspecified atom stereocenters. The van der Waals surface area contributed by atoms with E-state index in [0.717, 1.165) is 6.54 Å². The summed E-state index contributed by atoms with van der Waals surface area (Å²) < 4.78 is 1.36. The fourth-order valence-corrected chi connectivity index (χ4v) is 2.18. The van der Waals surface area contributed by atoms with Gasteiger partial charge in [0.25, 0.3) is 5.56 Å². The van der Waals surface area contributed by atoms with Crippen LogP contribution in [0.5, 0.6) is 0 Å². The summed E-state index contributed by atoms with van der Waals surface area (Å²) in [5.74, 6) is 0.659. The molecule has 0 amide bonds. The molecule has 94 valence electrons. The maximum absolute atomic E-state index is 11.7. The molecule has 1 aromatic heterocycles. The Bertz CT molecular complexity index is 481. The molecule has 1 aliphatic carbocycles. The molecule has 1 aliphatic rings. The standard InChI is InChI=1S/C12H18ClN3O/c1-4-16-11(17)10(13)9(7-15-16)14-6-8-5-12(8,2)3/h7-8,14H,4-6H2,1-3H3. The molecule has 1 atom stereocenters. The summed E-state index contributed by atoms with van der Waals surface area (Å²) in [7, 11) is 0. The van der Waals surface area contributed by atoms with Crippen molar-refractivity contribution in [2.24, 2.45) is 11.3 Å². The van der Waals surface area contributed by atoms with Gasteiger partial charge in [0.2, 0.25) is 0 Å². The van der Waals surface area contributed by atoms with E-state index in [2.05, 4.69) is 24.3 Å². The third kappa shape index (κ3) is 2.46. The topological polar surface area (TPSA) is 46.9 Å². The van der Waals surface area contributed by atoms with Gasteiger partial charge in [-0.3, -0.25) is 4.79 Å². The van der Waals surface area contributed by atoms with E-state index >= 15 is 0 Å². The van der Waals surface area contributed by atoms with Crippen molar-refractivity contribution >= 4 is 17.3 Å². The minimum absolute atomic E-state index is 0.228. The van der Waals surface area contributed by atoms with Gasteiger partial charge in [0, 0.05) is 13.1 Å². The summed E-state index contributed by atoms with van der Waals surface area (Å²) >= 11 is 6.02. The Kier molecular flexibility index (Phi) is 3.17. The van der Waals surface area contributed by atoms with E-state index in [-0.39, 0.29) is 10.6 Å². The number of halogens is 1. The van der Waals surface area contributed by atoms with Crippen LogP contribution in [0.4, 0.5) is 5.69 Å². The Morgan fingerprint density at radius 2 is 2.29 bits per heavy atom. The number of hydrogen-bond donors (Lipinski definition) is 1. The second kappa shape index (κ2) is 4.33. The van der Waals surface area contributed by atoms with Crippen molar-refractivity contribution in [3.05, 3.63) is 21.6 Å². The highest BCUT2D eigenvalue weighted by Gasteiger charge is 2.45. The van der Waals surface area contributed by atoms with Crippen molar-refractivity contribution in [2.75, 3.05) is 11.9 Å². The number of rotatable bonds is 4. The maximum Gasteiger partial charge on any atom is 0.287 e. The average molecular weight is 256 g/mol. The summed E-state index contributed by atoms with van der Waals surface area (Å²) in [6, 6.07) is 0. The van der Waals surface area contributed by atoms with E-state index in [1.807, 2.05) is 6.92 Å². The molecule has 2 rings (SSSR count). The van der Waals surface area contributed by atoms with Gasteiger partial charge in [-0.2, -0.15) is 5.10 Å². The van der Waals surface area contributed by atoms with E-state index in [9.17, 15) is 4.79 Å². The minimum atomic E-state index is -0.228. The van der Waals surface area contributed by atoms with E-state index in [1.165, 1.54) is 11.1 Å². The lowest BCUT2D eigenvalue weighted by Crippen LogP contribution is -2.23. The molecule has 0 aliphatic heterocycles. The molecule has 1 N–H and O–H groups in total. The summed E-state index contributed by atoms with van der Waals surface area (Å²) in [5, 5.41) is 7.50. The molecular weight excluding hydrogens is 238 g/mol. The Morgan fingerprint density at radius 1 is 1.65 bits per heavy atom. The zero-order valence-electron chi connectivity index (χ0n) is 10.5. The van der Waals surface area contributed by atoms with Crippen molar-refractivity contribution in [1.82, 2.24) is 9.78 Å². The summed E-state index contributed by atoms with van der Waals surface area (Å²) in [6.45, 7) is 7.74. The largest absolute Gasteiger partial charge is 0.382 e. The Morgan fingerprint density at radius 3 is 2.82 bits per heavy atom. The zero-order chi connectivity index (χ0) is 12.6. The first-order chi connectivity index (χ1) is 7.95. The second-order valence-electron chi connectivity index (χ2n) is 5.26. The number of nitrogens with one attached hydrogen (secondary N) is 1. The van der Waals surface area contributed by atoms with Crippen LogP contribution < -0.4 is 10.9 Å². The van der Waals surface area contributed by atoms with Crippen LogP contribution in [-0.2, 0) is 6.54 Å². The number of anilines is 1. The Balaban J connectivity index is 2.07. The predicted octanol–water partition coefficient (Wildman–Crippen LogP) is 2.37. The first-order valence-electron chi connectivity index (χ1n) is 5.95. The molecule has 0 spiro atoms. The van der Waals surface area contributed by atoms with Crippen molar-refractivity contribution in [2.45, 2.75) is 33.7 Å². The fourth-order valence-electron chi connectivity index (χ4n) is 1.97. The minimum Gasteiger partial charge on any atom is -0.382 e. The number of aromatic nitrogens is 2. The molecule has 0 bridgehead atoms. The smallest absolute Gasteiger partial charge is 0.287 e. The summed E-state index contributed by atoms with van der Waals surface area (Å²) in [5.41, 5.74) is 0.837. The van der Waals surface area contributed by atoms with Gasteiger partial charge in [-0.15, -0.1) is 0 Å². The highest BCUT2D eigenvalue weighted by atomic mass is 35.5. The van der Waals surface area contributed by atoms with Gasteiger partial charge in [-0.25, -0.2) is 4.68 Å². The third-order valence-electron chi connectivity index (χ3n) is 3.54. The summed E-state index contributed by atoms with van der Waals surface area (Å²) in [6.07, 6.45) is 2.85. The van der Waals surface area contributed by atoms with Crippen LogP contribution >= 0.6 is 11.6 Å². The van der Waals surface area contributed by atoms with Gasteiger partial charge in [0.1, 0.15) is 5.02 Å². The van der Waals surface area contributed by atoms with Crippen molar-refractivity contribution in [3.63, 3.8) is 0 Å². The van der Waals surface area contributed by atoms with Crippen LogP contribution in [0.1, 0.15) is 27.2 Å². The molecule has 0 saturated heterocycles. The van der Waals surface area contributed by atoms with Crippen molar-refractivity contribution < 1.29 is 0 Å². The third-order valence-corrected chi connectivity index (χ3v) is 3.91. The molecule has 0 radical (unpaired) electrons. The van der Waals surface area contributed by atoms with Crippen LogP contribution in [-0.4, -0.2) is 16.3 Å². The van der Waals surface area contributed by atoms with E-state index in [1.54, 1.807) is 6.20 Å². The summed E-state index contributed by atoms with van der Waals surface area (Å²) in [4.78, 5) is 11.7. The zero-order valence-corrected chi connectivity index (χ0v) is 11.2. The Labute approximate surface area is 106 Å². The van der Waals surface area contributed by atoms with Crippen LogP contribution in [0.3, 0.4) is 0 Å². The molecule has 1 saturated carbocycles. The van der Waals surface area contributed by atoms with Crippen LogP contribution in [0, 0.1) is 11.3 Å². The quantitative estimate of drug-likeness (QED) is 0.899. The monoisotopic (exact) mass is 255 g/mol. The van der Waals surface area contributed by atoms with Gasteiger partial charge in [-0.1, -0.05) is 25.4 Å². The molecule has 1 heterocycles. The van der Waals surface area contributed by atoms with Crippen molar-refractivity contribution in [3.8, 4) is 0 Å². The van der Waals surface area contributed by atoms with Crippen LogP contribution in [0.25, 0.3) is 0 Å². The maximum atomic E-state index is 11.7. The molecule has 1 fully saturated rings.